The maximum Gasteiger partial charge on any atom is 0.328 e. The third-order valence-corrected chi connectivity index (χ3v) is 1.62. The van der Waals surface area contributed by atoms with E-state index in [1.807, 2.05) is 0 Å². The number of phenols is 1. The molecule has 0 saturated heterocycles. The number of carboxylic acid groups (broad SMARTS) is 1. The SMILES string of the molecule is COc1cc(C=CC(=O)O)ccc1O.Cl. The average molecular weight is 231 g/mol. The molecule has 4 nitrogen and oxygen atoms in total. The molecule has 0 amide bonds. The van der Waals surface area contributed by atoms with Crippen molar-refractivity contribution in [3.05, 3.63) is 29.8 Å². The summed E-state index contributed by atoms with van der Waals surface area (Å²) in [5.74, 6) is -0.672. The van der Waals surface area contributed by atoms with E-state index >= 15 is 0 Å². The van der Waals surface area contributed by atoms with Gasteiger partial charge in [0.05, 0.1) is 7.11 Å². The summed E-state index contributed by atoms with van der Waals surface area (Å²) in [6.45, 7) is 0. The third kappa shape index (κ3) is 3.91. The number of phenolic OH excluding ortho intramolecular Hbond substituents is 1. The second kappa shape index (κ2) is 5.93. The fourth-order valence-corrected chi connectivity index (χ4v) is 0.965. The first-order valence-corrected chi connectivity index (χ1v) is 3.91. The van der Waals surface area contributed by atoms with E-state index in [0.29, 0.717) is 11.3 Å². The van der Waals surface area contributed by atoms with Crippen LogP contribution in [0.15, 0.2) is 24.3 Å². The zero-order chi connectivity index (χ0) is 10.6. The van der Waals surface area contributed by atoms with Crippen LogP contribution in [0.25, 0.3) is 6.08 Å². The highest BCUT2D eigenvalue weighted by Gasteiger charge is 2.00. The Hall–Kier alpha value is -1.68. The quantitative estimate of drug-likeness (QED) is 0.779. The minimum Gasteiger partial charge on any atom is -0.504 e. The van der Waals surface area contributed by atoms with Gasteiger partial charge in [-0.15, -0.1) is 12.4 Å². The van der Waals surface area contributed by atoms with Gasteiger partial charge in [0.25, 0.3) is 0 Å². The van der Waals surface area contributed by atoms with Gasteiger partial charge >= 0.3 is 5.97 Å². The summed E-state index contributed by atoms with van der Waals surface area (Å²) in [7, 11) is 1.43. The van der Waals surface area contributed by atoms with Crippen LogP contribution in [-0.2, 0) is 4.79 Å². The summed E-state index contributed by atoms with van der Waals surface area (Å²) < 4.78 is 4.86. The number of ether oxygens (including phenoxy) is 1. The Balaban J connectivity index is 0.00000196. The van der Waals surface area contributed by atoms with Gasteiger partial charge in [0.1, 0.15) is 0 Å². The normalized spacial score (nSPS) is 9.67. The molecule has 0 atom stereocenters. The summed E-state index contributed by atoms with van der Waals surface area (Å²) in [6.07, 6.45) is 2.44. The second-order valence-electron chi connectivity index (χ2n) is 2.60. The molecule has 15 heavy (non-hydrogen) atoms. The van der Waals surface area contributed by atoms with Crippen molar-refractivity contribution in [3.63, 3.8) is 0 Å². The van der Waals surface area contributed by atoms with Gasteiger partial charge < -0.3 is 14.9 Å². The number of rotatable bonds is 3. The fraction of sp³-hybridized carbons (Fsp3) is 0.100. The van der Waals surface area contributed by atoms with Crippen LogP contribution in [-0.4, -0.2) is 23.3 Å². The minimum atomic E-state index is -1.02. The number of carbonyl (C=O) groups is 1. The van der Waals surface area contributed by atoms with Crippen molar-refractivity contribution in [2.45, 2.75) is 0 Å². The maximum absolute atomic E-state index is 10.2. The number of benzene rings is 1. The van der Waals surface area contributed by atoms with E-state index in [-0.39, 0.29) is 18.2 Å². The fourth-order valence-electron chi connectivity index (χ4n) is 0.965. The summed E-state index contributed by atoms with van der Waals surface area (Å²) in [5.41, 5.74) is 0.655. The molecule has 0 heterocycles. The van der Waals surface area contributed by atoms with Crippen LogP contribution in [0.4, 0.5) is 0 Å². The Kier molecular flexibility index (Phi) is 5.26. The average Bonchev–Trinajstić information content (AvgIpc) is 2.16. The van der Waals surface area contributed by atoms with Crippen LogP contribution in [0.1, 0.15) is 5.56 Å². The lowest BCUT2D eigenvalue weighted by Crippen LogP contribution is -1.87. The van der Waals surface area contributed by atoms with Crippen LogP contribution < -0.4 is 4.74 Å². The Morgan fingerprint density at radius 3 is 2.67 bits per heavy atom. The molecule has 2 N–H and O–H groups in total. The minimum absolute atomic E-state index is 0. The van der Waals surface area contributed by atoms with Gasteiger partial charge in [-0.25, -0.2) is 4.79 Å². The van der Waals surface area contributed by atoms with E-state index in [4.69, 9.17) is 9.84 Å². The molecule has 0 aliphatic carbocycles. The van der Waals surface area contributed by atoms with E-state index in [1.54, 1.807) is 12.1 Å². The first-order chi connectivity index (χ1) is 6.63. The van der Waals surface area contributed by atoms with Crippen molar-refractivity contribution in [1.82, 2.24) is 0 Å². The molecule has 0 aromatic heterocycles. The van der Waals surface area contributed by atoms with Gasteiger partial charge in [0.2, 0.25) is 0 Å². The molecule has 0 aliphatic rings. The van der Waals surface area contributed by atoms with Crippen LogP contribution in [0, 0.1) is 0 Å². The van der Waals surface area contributed by atoms with E-state index in [2.05, 4.69) is 0 Å². The molecule has 0 saturated carbocycles. The standard InChI is InChI=1S/C10H10O4.ClH/c1-14-9-6-7(2-4-8(9)11)3-5-10(12)13;/h2-6,11H,1H3,(H,12,13);1H. The van der Waals surface area contributed by atoms with Gasteiger partial charge in [0, 0.05) is 6.08 Å². The van der Waals surface area contributed by atoms with E-state index in [9.17, 15) is 9.90 Å². The molecule has 0 bridgehead atoms. The van der Waals surface area contributed by atoms with Crippen LogP contribution in [0.3, 0.4) is 0 Å². The molecule has 0 unspecified atom stereocenters. The monoisotopic (exact) mass is 230 g/mol. The predicted molar refractivity (Wildman–Crippen MR) is 58.6 cm³/mol. The van der Waals surface area contributed by atoms with E-state index in [1.165, 1.54) is 19.3 Å². The van der Waals surface area contributed by atoms with Gasteiger partial charge in [-0.3, -0.25) is 0 Å². The molecule has 0 aliphatic heterocycles. The Labute approximate surface area is 93.2 Å². The molecule has 5 heteroatoms. The molecule has 0 radical (unpaired) electrons. The summed E-state index contributed by atoms with van der Waals surface area (Å²) in [6, 6.07) is 4.59. The van der Waals surface area contributed by atoms with Crippen molar-refractivity contribution in [2.75, 3.05) is 7.11 Å². The van der Waals surface area contributed by atoms with Gasteiger partial charge in [0.15, 0.2) is 11.5 Å². The molecular weight excluding hydrogens is 220 g/mol. The van der Waals surface area contributed by atoms with Crippen LogP contribution in [0.2, 0.25) is 0 Å². The zero-order valence-corrected chi connectivity index (χ0v) is 8.82. The number of halogens is 1. The maximum atomic E-state index is 10.2. The predicted octanol–water partition coefficient (Wildman–Crippen LogP) is 1.92. The molecule has 1 aromatic rings. The largest absolute Gasteiger partial charge is 0.504 e. The lowest BCUT2D eigenvalue weighted by atomic mass is 10.2. The lowest BCUT2D eigenvalue weighted by molar-refractivity contribution is -0.131. The zero-order valence-electron chi connectivity index (χ0n) is 8.01. The van der Waals surface area contributed by atoms with E-state index < -0.39 is 5.97 Å². The first-order valence-electron chi connectivity index (χ1n) is 3.91. The Morgan fingerprint density at radius 1 is 1.47 bits per heavy atom. The van der Waals surface area contributed by atoms with Crippen LogP contribution >= 0.6 is 12.4 Å². The summed E-state index contributed by atoms with van der Waals surface area (Å²) in [5, 5.41) is 17.6. The lowest BCUT2D eigenvalue weighted by Gasteiger charge is -2.03. The molecule has 1 aromatic carbocycles. The summed E-state index contributed by atoms with van der Waals surface area (Å²) >= 11 is 0. The molecular formula is C10H11ClO4. The number of aromatic hydroxyl groups is 1. The van der Waals surface area contributed by atoms with Crippen molar-refractivity contribution in [3.8, 4) is 11.5 Å². The van der Waals surface area contributed by atoms with Gasteiger partial charge in [-0.2, -0.15) is 0 Å². The third-order valence-electron chi connectivity index (χ3n) is 1.62. The number of aliphatic carboxylic acids is 1. The number of carboxylic acids is 1. The van der Waals surface area contributed by atoms with Crippen molar-refractivity contribution in [1.29, 1.82) is 0 Å². The molecule has 82 valence electrons. The highest BCUT2D eigenvalue weighted by atomic mass is 35.5. The first kappa shape index (κ1) is 13.3. The van der Waals surface area contributed by atoms with Crippen molar-refractivity contribution in [2.24, 2.45) is 0 Å². The Morgan fingerprint density at radius 2 is 2.13 bits per heavy atom. The van der Waals surface area contributed by atoms with Crippen LogP contribution in [0.5, 0.6) is 11.5 Å². The Bertz CT molecular complexity index is 374. The molecule has 0 spiro atoms. The van der Waals surface area contributed by atoms with Crippen molar-refractivity contribution < 1.29 is 19.7 Å². The smallest absolute Gasteiger partial charge is 0.328 e. The topological polar surface area (TPSA) is 66.8 Å². The highest BCUT2D eigenvalue weighted by Crippen LogP contribution is 2.26. The van der Waals surface area contributed by atoms with Crippen molar-refractivity contribution >= 4 is 24.5 Å². The summed E-state index contributed by atoms with van der Waals surface area (Å²) in [4.78, 5) is 10.2. The second-order valence-corrected chi connectivity index (χ2v) is 2.60. The van der Waals surface area contributed by atoms with Gasteiger partial charge in [-0.1, -0.05) is 6.07 Å². The number of hydrogen-bond acceptors (Lipinski definition) is 3. The molecule has 0 fully saturated rings. The number of methoxy groups -OCH3 is 1. The highest BCUT2D eigenvalue weighted by molar-refractivity contribution is 5.85. The molecule has 1 rings (SSSR count). The van der Waals surface area contributed by atoms with Gasteiger partial charge in [-0.05, 0) is 23.8 Å². The number of hydrogen-bond donors (Lipinski definition) is 2. The van der Waals surface area contributed by atoms with E-state index in [0.717, 1.165) is 6.08 Å².